The number of ether oxygens (including phenoxy) is 1. The van der Waals surface area contributed by atoms with Crippen molar-refractivity contribution >= 4 is 0 Å². The molecule has 1 aliphatic heterocycles. The maximum absolute atomic E-state index is 6.08. The van der Waals surface area contributed by atoms with Crippen molar-refractivity contribution in [2.24, 2.45) is 5.92 Å². The van der Waals surface area contributed by atoms with E-state index in [-0.39, 0.29) is 5.60 Å². The van der Waals surface area contributed by atoms with Gasteiger partial charge in [0.05, 0.1) is 12.2 Å². The Labute approximate surface area is 87.5 Å². The van der Waals surface area contributed by atoms with Crippen molar-refractivity contribution in [2.75, 3.05) is 6.61 Å². The molecule has 1 saturated carbocycles. The highest BCUT2D eigenvalue weighted by Crippen LogP contribution is 2.40. The summed E-state index contributed by atoms with van der Waals surface area (Å²) in [7, 11) is 0. The maximum atomic E-state index is 6.08. The number of rotatable bonds is 1. The second-order valence-electron chi connectivity index (χ2n) is 4.87. The summed E-state index contributed by atoms with van der Waals surface area (Å²) in [5.74, 6) is 0.918. The third-order valence-corrected chi connectivity index (χ3v) is 3.90. The van der Waals surface area contributed by atoms with E-state index >= 15 is 0 Å². The summed E-state index contributed by atoms with van der Waals surface area (Å²) >= 11 is 0. The Morgan fingerprint density at radius 3 is 3.14 bits per heavy atom. The average Bonchev–Trinajstić information content (AvgIpc) is 2.44. The Kier molecular flexibility index (Phi) is 3.27. The van der Waals surface area contributed by atoms with Crippen LogP contribution in [0.25, 0.3) is 0 Å². The van der Waals surface area contributed by atoms with E-state index in [1.807, 2.05) is 0 Å². The van der Waals surface area contributed by atoms with Crippen LogP contribution in [0.15, 0.2) is 12.2 Å². The first-order valence-corrected chi connectivity index (χ1v) is 6.14. The standard InChI is InChI=1S/C13H22O/c1-2-12-7-6-9-13(11-12)8-4-3-5-10-14-13/h3,5,12H,2,4,6-11H2,1H3/t12-,13-/m0/s1. The molecule has 0 N–H and O–H groups in total. The molecule has 14 heavy (non-hydrogen) atoms. The van der Waals surface area contributed by atoms with Crippen molar-refractivity contribution in [2.45, 2.75) is 57.5 Å². The molecule has 80 valence electrons. The van der Waals surface area contributed by atoms with Crippen LogP contribution in [0.2, 0.25) is 0 Å². The summed E-state index contributed by atoms with van der Waals surface area (Å²) in [5, 5.41) is 0. The summed E-state index contributed by atoms with van der Waals surface area (Å²) in [5.41, 5.74) is 0.252. The molecule has 0 aromatic heterocycles. The molecule has 2 rings (SSSR count). The zero-order valence-corrected chi connectivity index (χ0v) is 9.30. The molecule has 1 heteroatoms. The molecule has 1 fully saturated rings. The minimum Gasteiger partial charge on any atom is -0.371 e. The van der Waals surface area contributed by atoms with Crippen LogP contribution in [0.5, 0.6) is 0 Å². The third kappa shape index (κ3) is 2.20. The van der Waals surface area contributed by atoms with E-state index < -0.39 is 0 Å². The number of hydrogen-bond donors (Lipinski definition) is 0. The van der Waals surface area contributed by atoms with Crippen molar-refractivity contribution < 1.29 is 4.74 Å². The molecule has 0 bridgehead atoms. The largest absolute Gasteiger partial charge is 0.371 e. The van der Waals surface area contributed by atoms with E-state index in [4.69, 9.17) is 4.74 Å². The van der Waals surface area contributed by atoms with E-state index in [1.54, 1.807) is 0 Å². The van der Waals surface area contributed by atoms with E-state index in [0.29, 0.717) is 0 Å². The fourth-order valence-corrected chi connectivity index (χ4v) is 2.98. The molecule has 1 heterocycles. The van der Waals surface area contributed by atoms with Gasteiger partial charge in [0.15, 0.2) is 0 Å². The number of hydrogen-bond acceptors (Lipinski definition) is 1. The summed E-state index contributed by atoms with van der Waals surface area (Å²) in [6.07, 6.45) is 13.7. The molecular formula is C13H22O. The van der Waals surface area contributed by atoms with E-state index in [9.17, 15) is 0 Å². The summed E-state index contributed by atoms with van der Waals surface area (Å²) in [6, 6.07) is 0. The van der Waals surface area contributed by atoms with Crippen molar-refractivity contribution in [1.82, 2.24) is 0 Å². The topological polar surface area (TPSA) is 9.23 Å². The van der Waals surface area contributed by atoms with E-state index in [1.165, 1.54) is 44.9 Å². The van der Waals surface area contributed by atoms with Gasteiger partial charge in [-0.2, -0.15) is 0 Å². The molecule has 0 radical (unpaired) electrons. The van der Waals surface area contributed by atoms with Gasteiger partial charge in [-0.05, 0) is 31.6 Å². The average molecular weight is 194 g/mol. The second kappa shape index (κ2) is 4.48. The summed E-state index contributed by atoms with van der Waals surface area (Å²) in [4.78, 5) is 0. The Bertz CT molecular complexity index is 197. The lowest BCUT2D eigenvalue weighted by molar-refractivity contribution is -0.0739. The number of allylic oxidation sites excluding steroid dienone is 1. The molecule has 0 amide bonds. The molecular weight excluding hydrogens is 172 g/mol. The highest BCUT2D eigenvalue weighted by molar-refractivity contribution is 4.95. The first kappa shape index (κ1) is 10.2. The third-order valence-electron chi connectivity index (χ3n) is 3.90. The molecule has 0 aromatic rings. The van der Waals surface area contributed by atoms with Crippen LogP contribution >= 0.6 is 0 Å². The minimum absolute atomic E-state index is 0.252. The lowest BCUT2D eigenvalue weighted by Gasteiger charge is -2.40. The van der Waals surface area contributed by atoms with Gasteiger partial charge in [0, 0.05) is 0 Å². The molecule has 1 spiro atoms. The van der Waals surface area contributed by atoms with Gasteiger partial charge in [0.2, 0.25) is 0 Å². The normalized spacial score (nSPS) is 38.5. The van der Waals surface area contributed by atoms with E-state index in [2.05, 4.69) is 19.1 Å². The Hall–Kier alpha value is -0.300. The van der Waals surface area contributed by atoms with Gasteiger partial charge in [0.1, 0.15) is 0 Å². The SMILES string of the molecule is CC[C@H]1CCC[C@@]2(CCC=CCO2)C1. The molecule has 2 aliphatic rings. The van der Waals surface area contributed by atoms with Crippen LogP contribution in [0, 0.1) is 5.92 Å². The fraction of sp³-hybridized carbons (Fsp3) is 0.846. The maximum Gasteiger partial charge on any atom is 0.0692 e. The Morgan fingerprint density at radius 2 is 2.29 bits per heavy atom. The van der Waals surface area contributed by atoms with Gasteiger partial charge in [-0.3, -0.25) is 0 Å². The van der Waals surface area contributed by atoms with Gasteiger partial charge in [0.25, 0.3) is 0 Å². The fourth-order valence-electron chi connectivity index (χ4n) is 2.98. The smallest absolute Gasteiger partial charge is 0.0692 e. The first-order chi connectivity index (χ1) is 6.85. The highest BCUT2D eigenvalue weighted by Gasteiger charge is 2.36. The van der Waals surface area contributed by atoms with Gasteiger partial charge < -0.3 is 4.74 Å². The van der Waals surface area contributed by atoms with Crippen LogP contribution in [-0.4, -0.2) is 12.2 Å². The van der Waals surface area contributed by atoms with Crippen LogP contribution in [0.4, 0.5) is 0 Å². The highest BCUT2D eigenvalue weighted by atomic mass is 16.5. The van der Waals surface area contributed by atoms with Crippen molar-refractivity contribution in [3.8, 4) is 0 Å². The van der Waals surface area contributed by atoms with Crippen LogP contribution in [-0.2, 0) is 4.74 Å². The van der Waals surface area contributed by atoms with Crippen LogP contribution < -0.4 is 0 Å². The first-order valence-electron chi connectivity index (χ1n) is 6.14. The van der Waals surface area contributed by atoms with Crippen LogP contribution in [0.1, 0.15) is 51.9 Å². The van der Waals surface area contributed by atoms with Crippen molar-refractivity contribution in [3.63, 3.8) is 0 Å². The Balaban J connectivity index is 1.99. The molecule has 0 saturated heterocycles. The lowest BCUT2D eigenvalue weighted by Crippen LogP contribution is -2.37. The van der Waals surface area contributed by atoms with E-state index in [0.717, 1.165) is 12.5 Å². The van der Waals surface area contributed by atoms with Gasteiger partial charge in [-0.1, -0.05) is 38.3 Å². The quantitative estimate of drug-likeness (QED) is 0.578. The lowest BCUT2D eigenvalue weighted by atomic mass is 9.75. The Morgan fingerprint density at radius 1 is 1.36 bits per heavy atom. The van der Waals surface area contributed by atoms with Gasteiger partial charge in [-0.25, -0.2) is 0 Å². The summed E-state index contributed by atoms with van der Waals surface area (Å²) in [6.45, 7) is 3.16. The molecule has 1 nitrogen and oxygen atoms in total. The summed E-state index contributed by atoms with van der Waals surface area (Å²) < 4.78 is 6.08. The minimum atomic E-state index is 0.252. The van der Waals surface area contributed by atoms with Crippen molar-refractivity contribution in [3.05, 3.63) is 12.2 Å². The molecule has 0 unspecified atom stereocenters. The van der Waals surface area contributed by atoms with Gasteiger partial charge in [-0.15, -0.1) is 0 Å². The molecule has 2 atom stereocenters. The zero-order chi connectivity index (χ0) is 9.86. The van der Waals surface area contributed by atoms with Crippen molar-refractivity contribution in [1.29, 1.82) is 0 Å². The predicted octanol–water partition coefficient (Wildman–Crippen LogP) is 3.69. The molecule has 0 aromatic carbocycles. The predicted molar refractivity (Wildman–Crippen MR) is 59.3 cm³/mol. The molecule has 1 aliphatic carbocycles. The van der Waals surface area contributed by atoms with Gasteiger partial charge >= 0.3 is 0 Å². The second-order valence-corrected chi connectivity index (χ2v) is 4.87. The zero-order valence-electron chi connectivity index (χ0n) is 9.30. The van der Waals surface area contributed by atoms with Crippen LogP contribution in [0.3, 0.4) is 0 Å². The monoisotopic (exact) mass is 194 g/mol.